The number of ketones is 1. The minimum atomic E-state index is -1.68. The molecule has 1 aliphatic heterocycles. The van der Waals surface area contributed by atoms with Crippen molar-refractivity contribution in [3.05, 3.63) is 83.7 Å². The van der Waals surface area contributed by atoms with Gasteiger partial charge in [0.1, 0.15) is 30.4 Å². The molecule has 4 N–H and O–H groups in total. The summed E-state index contributed by atoms with van der Waals surface area (Å²) >= 11 is 0. The second-order valence-corrected chi connectivity index (χ2v) is 18.2. The molecule has 0 aliphatic carbocycles. The zero-order chi connectivity index (χ0) is 48.2. The topological polar surface area (TPSA) is 212 Å². The quantitative estimate of drug-likeness (QED) is 0.0795. The van der Waals surface area contributed by atoms with Gasteiger partial charge in [0.25, 0.3) is 0 Å². The number of nitrogens with zero attached hydrogens (tertiary/aromatic N) is 4. The lowest BCUT2D eigenvalue weighted by Crippen LogP contribution is -2.60. The van der Waals surface area contributed by atoms with Gasteiger partial charge in [0.15, 0.2) is 11.4 Å². The van der Waals surface area contributed by atoms with Gasteiger partial charge in [-0.15, -0.1) is 5.10 Å². The first-order valence-corrected chi connectivity index (χ1v) is 23.4. The van der Waals surface area contributed by atoms with E-state index in [0.29, 0.717) is 38.4 Å². The lowest BCUT2D eigenvalue weighted by molar-refractivity contribution is -0.144. The molecule has 1 saturated heterocycles. The van der Waals surface area contributed by atoms with Gasteiger partial charge in [-0.05, 0) is 75.3 Å². The maximum absolute atomic E-state index is 14.5. The highest BCUT2D eigenvalue weighted by Crippen LogP contribution is 2.23. The van der Waals surface area contributed by atoms with Gasteiger partial charge in [-0.3, -0.25) is 28.9 Å². The third kappa shape index (κ3) is 17.3. The second kappa shape index (κ2) is 26.5. The molecule has 17 heteroatoms. The van der Waals surface area contributed by atoms with E-state index in [0.717, 1.165) is 17.5 Å². The number of aromatic nitrogens is 3. The lowest BCUT2D eigenvalue weighted by Gasteiger charge is -2.32. The van der Waals surface area contributed by atoms with Gasteiger partial charge in [0.05, 0.1) is 38.0 Å². The Balaban J connectivity index is 1.52. The molecule has 1 fully saturated rings. The second-order valence-electron chi connectivity index (χ2n) is 18.2. The summed E-state index contributed by atoms with van der Waals surface area (Å²) in [5.41, 5.74) is 0.463. The number of aryl methyl sites for hydroxylation is 1. The average molecular weight is 917 g/mol. The Morgan fingerprint density at radius 2 is 1.30 bits per heavy atom. The van der Waals surface area contributed by atoms with E-state index in [9.17, 15) is 28.8 Å². The summed E-state index contributed by atoms with van der Waals surface area (Å²) in [6.45, 7) is 16.9. The Kier molecular flexibility index (Phi) is 21.2. The largest absolute Gasteiger partial charge is 0.509 e. The number of carbonyl (C=O) groups excluding carboxylic acids is 6. The van der Waals surface area contributed by atoms with Crippen LogP contribution in [-0.2, 0) is 57.6 Å². The highest BCUT2D eigenvalue weighted by Gasteiger charge is 2.42. The Bertz CT molecular complexity index is 2010. The Morgan fingerprint density at radius 3 is 1.91 bits per heavy atom. The molecule has 0 saturated carbocycles. The molecule has 0 bridgehead atoms. The van der Waals surface area contributed by atoms with Crippen LogP contribution in [0, 0.1) is 11.8 Å². The van der Waals surface area contributed by atoms with Gasteiger partial charge in [-0.2, -0.15) is 0 Å². The van der Waals surface area contributed by atoms with E-state index in [-0.39, 0.29) is 69.0 Å². The van der Waals surface area contributed by atoms with Crippen LogP contribution in [0.4, 0.5) is 4.79 Å². The van der Waals surface area contributed by atoms with E-state index in [1.165, 1.54) is 6.92 Å². The molecule has 0 radical (unpaired) electrons. The number of amides is 4. The van der Waals surface area contributed by atoms with Gasteiger partial charge in [-0.1, -0.05) is 107 Å². The van der Waals surface area contributed by atoms with Crippen molar-refractivity contribution < 1.29 is 43.0 Å². The fourth-order valence-electron chi connectivity index (χ4n) is 7.50. The molecule has 1 aromatic heterocycles. The van der Waals surface area contributed by atoms with E-state index in [1.54, 1.807) is 17.8 Å². The summed E-state index contributed by atoms with van der Waals surface area (Å²) in [7, 11) is 0. The molecule has 66 heavy (non-hydrogen) atoms. The fourth-order valence-corrected chi connectivity index (χ4v) is 7.50. The summed E-state index contributed by atoms with van der Waals surface area (Å²) in [6.07, 6.45) is 2.81. The molecule has 1 aliphatic rings. The molecule has 2 heterocycles. The Morgan fingerprint density at radius 1 is 0.742 bits per heavy atom. The number of carbonyl (C=O) groups is 6. The van der Waals surface area contributed by atoms with Gasteiger partial charge < -0.3 is 35.5 Å². The molecule has 362 valence electrons. The molecule has 2 aromatic carbocycles. The minimum Gasteiger partial charge on any atom is -0.428 e. The van der Waals surface area contributed by atoms with Crippen LogP contribution in [0.3, 0.4) is 0 Å². The van der Waals surface area contributed by atoms with E-state index in [4.69, 9.17) is 14.2 Å². The zero-order valence-corrected chi connectivity index (χ0v) is 40.0. The highest BCUT2D eigenvalue weighted by molar-refractivity contribution is 5.98. The number of hydrogen-bond acceptors (Lipinski definition) is 12. The molecule has 17 nitrogen and oxygen atoms in total. The number of nitrogens with one attached hydrogen (secondary N) is 4. The maximum atomic E-state index is 14.5. The normalized spacial score (nSPS) is 16.2. The summed E-state index contributed by atoms with van der Waals surface area (Å²) in [5.74, 6) is -2.74. The first kappa shape index (κ1) is 52.9. The van der Waals surface area contributed by atoms with Crippen molar-refractivity contribution in [1.29, 1.82) is 0 Å². The van der Waals surface area contributed by atoms with Crippen LogP contribution in [0.5, 0.6) is 0 Å². The van der Waals surface area contributed by atoms with Crippen LogP contribution in [-0.4, -0.2) is 118 Å². The third-order valence-electron chi connectivity index (χ3n) is 11.7. The fraction of sp³-hybridized carbons (Fsp3) is 0.592. The van der Waals surface area contributed by atoms with Gasteiger partial charge >= 0.3 is 6.16 Å². The van der Waals surface area contributed by atoms with E-state index >= 15 is 0 Å². The third-order valence-corrected chi connectivity index (χ3v) is 11.7. The monoisotopic (exact) mass is 917 g/mol. The molecule has 4 rings (SSSR count). The van der Waals surface area contributed by atoms with Gasteiger partial charge in [0, 0.05) is 19.5 Å². The smallest absolute Gasteiger partial charge is 0.428 e. The van der Waals surface area contributed by atoms with Crippen molar-refractivity contribution in [2.45, 2.75) is 143 Å². The zero-order valence-electron chi connectivity index (χ0n) is 40.0. The maximum Gasteiger partial charge on any atom is 0.509 e. The van der Waals surface area contributed by atoms with E-state index in [2.05, 4.69) is 31.6 Å². The SMILES string of the molecule is CCC(C)n1cc(COC(=O)OC(C)(CC)C(=O)[C@H](CC(C)C)NC(=O)[C@H](Cc2ccccc2)NC(=O)[C@H](CC(C)C)NC(=O)[C@H](CCc2ccccc2)NC(=O)CN2CCOCC2)nn1. The first-order chi connectivity index (χ1) is 31.5. The van der Waals surface area contributed by atoms with Crippen LogP contribution in [0.1, 0.15) is 110 Å². The van der Waals surface area contributed by atoms with Crippen LogP contribution < -0.4 is 21.3 Å². The molecule has 3 aromatic rings. The summed E-state index contributed by atoms with van der Waals surface area (Å²) in [5, 5.41) is 19.7. The molecule has 0 spiro atoms. The summed E-state index contributed by atoms with van der Waals surface area (Å²) in [4.78, 5) is 85.7. The number of benzene rings is 2. The van der Waals surface area contributed by atoms with Crippen LogP contribution in [0.25, 0.3) is 0 Å². The molecular weight excluding hydrogens is 845 g/mol. The van der Waals surface area contributed by atoms with Crippen molar-refractivity contribution in [2.75, 3.05) is 32.8 Å². The van der Waals surface area contributed by atoms with Crippen molar-refractivity contribution in [1.82, 2.24) is 41.2 Å². The van der Waals surface area contributed by atoms with Crippen molar-refractivity contribution in [2.24, 2.45) is 11.8 Å². The van der Waals surface area contributed by atoms with Crippen molar-refractivity contribution in [3.63, 3.8) is 0 Å². The predicted octanol–water partition coefficient (Wildman–Crippen LogP) is 4.88. The van der Waals surface area contributed by atoms with Crippen molar-refractivity contribution in [3.8, 4) is 0 Å². The lowest BCUT2D eigenvalue weighted by atomic mass is 9.87. The predicted molar refractivity (Wildman–Crippen MR) is 249 cm³/mol. The van der Waals surface area contributed by atoms with E-state index < -0.39 is 59.4 Å². The first-order valence-electron chi connectivity index (χ1n) is 23.4. The molecule has 2 unspecified atom stereocenters. The minimum absolute atomic E-state index is 0.0497. The Hall–Kier alpha value is -5.68. The van der Waals surface area contributed by atoms with Gasteiger partial charge in [-0.25, -0.2) is 9.48 Å². The van der Waals surface area contributed by atoms with Crippen molar-refractivity contribution >= 4 is 35.6 Å². The number of rotatable bonds is 26. The molecular formula is C49H72N8O9. The highest BCUT2D eigenvalue weighted by atomic mass is 16.7. The van der Waals surface area contributed by atoms with Crippen LogP contribution in [0.15, 0.2) is 66.9 Å². The number of hydrogen-bond donors (Lipinski definition) is 4. The van der Waals surface area contributed by atoms with Gasteiger partial charge in [0.2, 0.25) is 23.6 Å². The average Bonchev–Trinajstić information content (AvgIpc) is 3.78. The van der Waals surface area contributed by atoms with E-state index in [1.807, 2.05) is 107 Å². The number of morpholine rings is 1. The standard InChI is InChI=1S/C49H72N8O9/c1-9-35(7)57-30-38(54-55-57)32-65-48(63)66-49(8,10-2)44(59)40(27-33(3)4)51-47(62)42(29-37-19-15-12-16-20-37)53-46(61)41(28-34(5)6)52-45(60)39(22-21-36-17-13-11-14-18-36)50-43(58)31-56-23-25-64-26-24-56/h11-20,30,33-35,39-42H,9-10,21-29,31-32H2,1-8H3,(H,50,58)(H,51,62)(H,52,60)(H,53,61)/t35?,39-,40-,41-,42-,49?/m0/s1. The number of Topliss-reactive ketones (excluding diaryl/α,β-unsaturated/α-hetero) is 1. The van der Waals surface area contributed by atoms with Crippen LogP contribution >= 0.6 is 0 Å². The summed E-state index contributed by atoms with van der Waals surface area (Å²) < 4.78 is 18.1. The Labute approximate surface area is 389 Å². The number of ether oxygens (including phenoxy) is 3. The van der Waals surface area contributed by atoms with Crippen LogP contribution in [0.2, 0.25) is 0 Å². The summed E-state index contributed by atoms with van der Waals surface area (Å²) in [6, 6.07) is 14.5. The molecule has 4 amide bonds. The molecule has 6 atom stereocenters.